The molecular formula is C22H27F2N3O5S. The molecule has 180 valence electrons. The highest BCUT2D eigenvalue weighted by Gasteiger charge is 2.32. The molecule has 0 spiro atoms. The summed E-state index contributed by atoms with van der Waals surface area (Å²) in [4.78, 5) is 14.1. The normalized spacial score (nSPS) is 15.7. The highest BCUT2D eigenvalue weighted by Crippen LogP contribution is 2.31. The molecule has 1 aliphatic rings. The van der Waals surface area contributed by atoms with Crippen LogP contribution in [0.5, 0.6) is 11.5 Å². The Morgan fingerprint density at radius 2 is 1.70 bits per heavy atom. The first kappa shape index (κ1) is 24.7. The predicted molar refractivity (Wildman–Crippen MR) is 118 cm³/mol. The van der Waals surface area contributed by atoms with Crippen molar-refractivity contribution < 1.29 is 31.5 Å². The van der Waals surface area contributed by atoms with E-state index in [-0.39, 0.29) is 48.8 Å². The summed E-state index contributed by atoms with van der Waals surface area (Å²) >= 11 is 0. The maximum absolute atomic E-state index is 13.9. The number of ether oxygens (including phenoxy) is 2. The number of carbonyl (C=O) groups excluding carboxylic acids is 1. The minimum Gasteiger partial charge on any atom is -0.497 e. The topological polar surface area (TPSA) is 88.2 Å². The quantitative estimate of drug-likeness (QED) is 0.654. The molecular weight excluding hydrogens is 456 g/mol. The molecule has 11 heteroatoms. The number of benzene rings is 2. The number of hydrogen-bond acceptors (Lipinski definition) is 5. The van der Waals surface area contributed by atoms with E-state index in [2.05, 4.69) is 5.32 Å². The van der Waals surface area contributed by atoms with E-state index in [1.165, 1.54) is 53.8 Å². The lowest BCUT2D eigenvalue weighted by Gasteiger charge is -2.34. The summed E-state index contributed by atoms with van der Waals surface area (Å²) in [6, 6.07) is 7.21. The van der Waals surface area contributed by atoms with Gasteiger partial charge < -0.3 is 19.7 Å². The monoisotopic (exact) mass is 483 g/mol. The van der Waals surface area contributed by atoms with E-state index in [0.29, 0.717) is 5.75 Å². The lowest BCUT2D eigenvalue weighted by atomic mass is 10.1. The summed E-state index contributed by atoms with van der Waals surface area (Å²) in [5.74, 6) is -0.747. The number of nitrogens with one attached hydrogen (secondary N) is 1. The largest absolute Gasteiger partial charge is 0.497 e. The third-order valence-corrected chi connectivity index (χ3v) is 7.38. The number of nitrogens with zero attached hydrogens (tertiary/aromatic N) is 2. The van der Waals surface area contributed by atoms with Crippen molar-refractivity contribution in [3.8, 4) is 11.5 Å². The molecule has 1 unspecified atom stereocenters. The predicted octanol–water partition coefficient (Wildman–Crippen LogP) is 2.63. The Morgan fingerprint density at radius 3 is 2.27 bits per heavy atom. The van der Waals surface area contributed by atoms with E-state index in [9.17, 15) is 22.0 Å². The molecule has 1 saturated heterocycles. The number of methoxy groups -OCH3 is 2. The summed E-state index contributed by atoms with van der Waals surface area (Å²) in [5.41, 5.74) is -0.0894. The maximum Gasteiger partial charge on any atom is 0.317 e. The van der Waals surface area contributed by atoms with Gasteiger partial charge in [-0.25, -0.2) is 22.0 Å². The number of rotatable bonds is 7. The molecule has 2 amide bonds. The first-order valence-corrected chi connectivity index (χ1v) is 11.8. The standard InChI is InChI=1S/C22H27F2N3O5S/c1-15(13-17-18(23)5-4-6-19(17)24)25-22(28)26-9-11-27(12-10-26)33(29,30)21-14-16(31-2)7-8-20(21)32-3/h4-8,14-15H,9-13H2,1-3H3,(H,25,28). The summed E-state index contributed by atoms with van der Waals surface area (Å²) in [6.07, 6.45) is -0.00573. The zero-order valence-electron chi connectivity index (χ0n) is 18.7. The molecule has 1 N–H and O–H groups in total. The number of halogens is 2. The van der Waals surface area contributed by atoms with Crippen molar-refractivity contribution in [2.75, 3.05) is 40.4 Å². The van der Waals surface area contributed by atoms with Crippen molar-refractivity contribution in [1.29, 1.82) is 0 Å². The second-order valence-corrected chi connectivity index (χ2v) is 9.57. The molecule has 0 aromatic heterocycles. The molecule has 1 fully saturated rings. The van der Waals surface area contributed by atoms with Gasteiger partial charge in [0.15, 0.2) is 0 Å². The van der Waals surface area contributed by atoms with Gasteiger partial charge in [-0.15, -0.1) is 0 Å². The molecule has 0 radical (unpaired) electrons. The summed E-state index contributed by atoms with van der Waals surface area (Å²) in [7, 11) is -1.05. The van der Waals surface area contributed by atoms with Gasteiger partial charge >= 0.3 is 6.03 Å². The molecule has 1 heterocycles. The van der Waals surface area contributed by atoms with Crippen LogP contribution in [-0.4, -0.2) is 70.1 Å². The second kappa shape index (κ2) is 10.3. The first-order valence-electron chi connectivity index (χ1n) is 10.4. The van der Waals surface area contributed by atoms with E-state index in [1.54, 1.807) is 13.0 Å². The van der Waals surface area contributed by atoms with Crippen molar-refractivity contribution in [2.24, 2.45) is 0 Å². The van der Waals surface area contributed by atoms with Crippen LogP contribution in [0, 0.1) is 11.6 Å². The average molecular weight is 484 g/mol. The van der Waals surface area contributed by atoms with Gasteiger partial charge in [0.1, 0.15) is 28.0 Å². The number of sulfonamides is 1. The summed E-state index contributed by atoms with van der Waals surface area (Å²) < 4.78 is 65.6. The van der Waals surface area contributed by atoms with Gasteiger partial charge in [-0.05, 0) is 37.6 Å². The Balaban J connectivity index is 1.62. The van der Waals surface area contributed by atoms with Gasteiger partial charge in [-0.1, -0.05) is 6.07 Å². The highest BCUT2D eigenvalue weighted by molar-refractivity contribution is 7.89. The molecule has 2 aromatic rings. The van der Waals surface area contributed by atoms with Crippen LogP contribution >= 0.6 is 0 Å². The summed E-state index contributed by atoms with van der Waals surface area (Å²) in [5, 5.41) is 2.72. The minimum atomic E-state index is -3.87. The van der Waals surface area contributed by atoms with Crippen LogP contribution in [0.25, 0.3) is 0 Å². The Morgan fingerprint density at radius 1 is 1.06 bits per heavy atom. The second-order valence-electron chi connectivity index (χ2n) is 7.66. The highest BCUT2D eigenvalue weighted by atomic mass is 32.2. The molecule has 3 rings (SSSR count). The van der Waals surface area contributed by atoms with E-state index < -0.39 is 33.7 Å². The fourth-order valence-electron chi connectivity index (χ4n) is 3.64. The lowest BCUT2D eigenvalue weighted by Crippen LogP contribution is -2.54. The number of piperazine rings is 1. The van der Waals surface area contributed by atoms with Crippen molar-refractivity contribution in [3.63, 3.8) is 0 Å². The zero-order valence-corrected chi connectivity index (χ0v) is 19.5. The summed E-state index contributed by atoms with van der Waals surface area (Å²) in [6.45, 7) is 2.16. The number of amides is 2. The Hall–Kier alpha value is -2.92. The number of urea groups is 1. The van der Waals surface area contributed by atoms with E-state index in [0.717, 1.165) is 0 Å². The van der Waals surface area contributed by atoms with E-state index >= 15 is 0 Å². The molecule has 1 aliphatic heterocycles. The van der Waals surface area contributed by atoms with Crippen LogP contribution in [0.4, 0.5) is 13.6 Å². The van der Waals surface area contributed by atoms with Crippen molar-refractivity contribution in [3.05, 3.63) is 53.6 Å². The SMILES string of the molecule is COc1ccc(OC)c(S(=O)(=O)N2CCN(C(=O)NC(C)Cc3c(F)cccc3F)CC2)c1. The van der Waals surface area contributed by atoms with Crippen LogP contribution in [0.3, 0.4) is 0 Å². The number of hydrogen-bond donors (Lipinski definition) is 1. The van der Waals surface area contributed by atoms with Gasteiger partial charge in [-0.3, -0.25) is 0 Å². The molecule has 0 aliphatic carbocycles. The average Bonchev–Trinajstić information content (AvgIpc) is 2.81. The van der Waals surface area contributed by atoms with Gasteiger partial charge in [-0.2, -0.15) is 4.31 Å². The van der Waals surface area contributed by atoms with Crippen molar-refractivity contribution >= 4 is 16.1 Å². The molecule has 1 atom stereocenters. The van der Waals surface area contributed by atoms with Gasteiger partial charge in [0.25, 0.3) is 0 Å². The Labute approximate surface area is 192 Å². The van der Waals surface area contributed by atoms with Crippen LogP contribution < -0.4 is 14.8 Å². The first-order chi connectivity index (χ1) is 15.7. The van der Waals surface area contributed by atoms with Crippen molar-refractivity contribution in [1.82, 2.24) is 14.5 Å². The fourth-order valence-corrected chi connectivity index (χ4v) is 5.24. The molecule has 0 bridgehead atoms. The molecule has 2 aromatic carbocycles. The molecule has 8 nitrogen and oxygen atoms in total. The maximum atomic E-state index is 13.9. The van der Waals surface area contributed by atoms with E-state index in [1.807, 2.05) is 0 Å². The Bertz CT molecular complexity index is 1080. The van der Waals surface area contributed by atoms with Crippen LogP contribution in [-0.2, 0) is 16.4 Å². The van der Waals surface area contributed by atoms with Crippen LogP contribution in [0.15, 0.2) is 41.3 Å². The van der Waals surface area contributed by atoms with Crippen molar-refractivity contribution in [2.45, 2.75) is 24.3 Å². The smallest absolute Gasteiger partial charge is 0.317 e. The third-order valence-electron chi connectivity index (χ3n) is 5.46. The van der Waals surface area contributed by atoms with Gasteiger partial charge in [0, 0.05) is 43.9 Å². The minimum absolute atomic E-state index is 0.00573. The zero-order chi connectivity index (χ0) is 24.2. The lowest BCUT2D eigenvalue weighted by molar-refractivity contribution is 0.169. The van der Waals surface area contributed by atoms with Gasteiger partial charge in [0.2, 0.25) is 10.0 Å². The molecule has 0 saturated carbocycles. The van der Waals surface area contributed by atoms with Crippen LogP contribution in [0.1, 0.15) is 12.5 Å². The van der Waals surface area contributed by atoms with Crippen LogP contribution in [0.2, 0.25) is 0 Å². The van der Waals surface area contributed by atoms with Gasteiger partial charge in [0.05, 0.1) is 14.2 Å². The third kappa shape index (κ3) is 5.53. The Kier molecular flexibility index (Phi) is 7.75. The number of carbonyl (C=O) groups is 1. The van der Waals surface area contributed by atoms with E-state index in [4.69, 9.17) is 9.47 Å². The molecule has 33 heavy (non-hydrogen) atoms. The fraction of sp³-hybridized carbons (Fsp3) is 0.409.